The Hall–Kier alpha value is -4.83. The summed E-state index contributed by atoms with van der Waals surface area (Å²) in [5.74, 6) is -0.257. The quantitative estimate of drug-likeness (QED) is 0.198. The number of nitrogens with one attached hydrogen (secondary N) is 1. The molecule has 46 heavy (non-hydrogen) atoms. The number of sulfonamides is 1. The van der Waals surface area contributed by atoms with Crippen molar-refractivity contribution in [3.8, 4) is 11.5 Å². The van der Waals surface area contributed by atoms with Gasteiger partial charge < -0.3 is 19.7 Å². The molecule has 0 aliphatic rings. The monoisotopic (exact) mass is 643 g/mol. The third kappa shape index (κ3) is 8.45. The molecule has 0 aliphatic carbocycles. The lowest BCUT2D eigenvalue weighted by atomic mass is 10.0. The molecule has 0 aromatic heterocycles. The number of anilines is 1. The molecule has 242 valence electrons. The zero-order chi connectivity index (χ0) is 33.3. The molecule has 2 amide bonds. The highest BCUT2D eigenvalue weighted by Gasteiger charge is 2.35. The van der Waals surface area contributed by atoms with E-state index in [4.69, 9.17) is 9.47 Å². The minimum atomic E-state index is -4.30. The van der Waals surface area contributed by atoms with Crippen molar-refractivity contribution in [2.24, 2.45) is 0 Å². The molecule has 0 spiro atoms. The Morgan fingerprint density at radius 1 is 0.783 bits per heavy atom. The van der Waals surface area contributed by atoms with E-state index >= 15 is 0 Å². The van der Waals surface area contributed by atoms with Crippen LogP contribution in [0.1, 0.15) is 30.5 Å². The summed E-state index contributed by atoms with van der Waals surface area (Å²) >= 11 is 0. The summed E-state index contributed by atoms with van der Waals surface area (Å²) in [7, 11) is -1.41. The van der Waals surface area contributed by atoms with Gasteiger partial charge in [0.1, 0.15) is 12.6 Å². The largest absolute Gasteiger partial charge is 0.493 e. The predicted octanol–water partition coefficient (Wildman–Crippen LogP) is 5.37. The van der Waals surface area contributed by atoms with Crippen molar-refractivity contribution in [2.45, 2.75) is 50.7 Å². The van der Waals surface area contributed by atoms with Crippen molar-refractivity contribution in [2.75, 3.05) is 25.1 Å². The Balaban J connectivity index is 1.81. The van der Waals surface area contributed by atoms with Crippen LogP contribution in [0.2, 0.25) is 0 Å². The zero-order valence-corrected chi connectivity index (χ0v) is 27.7. The predicted molar refractivity (Wildman–Crippen MR) is 179 cm³/mol. The minimum Gasteiger partial charge on any atom is -0.493 e. The number of hydrogen-bond donors (Lipinski definition) is 1. The van der Waals surface area contributed by atoms with Crippen LogP contribution in [-0.2, 0) is 32.6 Å². The average Bonchev–Trinajstić information content (AvgIpc) is 3.05. The zero-order valence-electron chi connectivity index (χ0n) is 26.8. The second kappa shape index (κ2) is 15.4. The number of nitrogens with zero attached hydrogens (tertiary/aromatic N) is 2. The van der Waals surface area contributed by atoms with Gasteiger partial charge in [0, 0.05) is 25.1 Å². The summed E-state index contributed by atoms with van der Waals surface area (Å²) in [4.78, 5) is 29.7. The molecule has 0 heterocycles. The average molecular weight is 644 g/mol. The molecule has 1 N–H and O–H groups in total. The lowest BCUT2D eigenvalue weighted by Crippen LogP contribution is -2.54. The van der Waals surface area contributed by atoms with Crippen molar-refractivity contribution in [3.05, 3.63) is 120 Å². The van der Waals surface area contributed by atoms with E-state index in [1.165, 1.54) is 37.3 Å². The van der Waals surface area contributed by atoms with Gasteiger partial charge >= 0.3 is 0 Å². The number of rotatable bonds is 14. The topological polar surface area (TPSA) is 105 Å². The molecule has 0 radical (unpaired) electrons. The Bertz CT molecular complexity index is 1710. The van der Waals surface area contributed by atoms with Crippen LogP contribution in [0.25, 0.3) is 0 Å². The van der Waals surface area contributed by atoms with E-state index in [0.717, 1.165) is 21.0 Å². The molecule has 4 aromatic rings. The van der Waals surface area contributed by atoms with Crippen LogP contribution in [-0.4, -0.2) is 58.0 Å². The van der Waals surface area contributed by atoms with E-state index in [9.17, 15) is 18.0 Å². The van der Waals surface area contributed by atoms with Crippen LogP contribution in [0.5, 0.6) is 11.5 Å². The molecule has 1 atom stereocenters. The van der Waals surface area contributed by atoms with Gasteiger partial charge in [0.25, 0.3) is 10.0 Å². The number of benzene rings is 4. The molecule has 4 aromatic carbocycles. The van der Waals surface area contributed by atoms with Crippen molar-refractivity contribution < 1.29 is 27.5 Å². The first-order valence-corrected chi connectivity index (χ1v) is 16.5. The van der Waals surface area contributed by atoms with Crippen LogP contribution in [0.4, 0.5) is 5.69 Å². The van der Waals surface area contributed by atoms with E-state index in [0.29, 0.717) is 11.4 Å². The van der Waals surface area contributed by atoms with Gasteiger partial charge in [-0.25, -0.2) is 8.42 Å². The molecular formula is C36H41N3O6S. The summed E-state index contributed by atoms with van der Waals surface area (Å²) in [6.45, 7) is 5.16. The van der Waals surface area contributed by atoms with E-state index in [-0.39, 0.29) is 35.6 Å². The summed E-state index contributed by atoms with van der Waals surface area (Å²) in [5.41, 5.74) is 2.90. The molecule has 9 nitrogen and oxygen atoms in total. The van der Waals surface area contributed by atoms with Crippen LogP contribution in [0, 0.1) is 6.92 Å². The lowest BCUT2D eigenvalue weighted by molar-refractivity contribution is -0.140. The molecule has 0 saturated carbocycles. The van der Waals surface area contributed by atoms with Crippen LogP contribution >= 0.6 is 0 Å². The van der Waals surface area contributed by atoms with Crippen molar-refractivity contribution in [1.29, 1.82) is 0 Å². The fraction of sp³-hybridized carbons (Fsp3) is 0.278. The van der Waals surface area contributed by atoms with Gasteiger partial charge in [-0.15, -0.1) is 0 Å². The van der Waals surface area contributed by atoms with Crippen LogP contribution in [0.15, 0.2) is 108 Å². The SMILES string of the molecule is COc1ccc(S(=O)(=O)N(CC(=O)N(Cc2ccccc2)[C@@H](Cc2ccccc2)C(=O)NC(C)C)c2ccc(C)cc2)cc1OC. The van der Waals surface area contributed by atoms with Crippen molar-refractivity contribution in [3.63, 3.8) is 0 Å². The second-order valence-electron chi connectivity index (χ2n) is 11.2. The highest BCUT2D eigenvalue weighted by atomic mass is 32.2. The fourth-order valence-corrected chi connectivity index (χ4v) is 6.49. The van der Waals surface area contributed by atoms with Gasteiger partial charge in [-0.1, -0.05) is 78.4 Å². The maximum absolute atomic E-state index is 14.5. The highest BCUT2D eigenvalue weighted by Crippen LogP contribution is 2.32. The number of aryl methyl sites for hydroxylation is 1. The third-order valence-electron chi connectivity index (χ3n) is 7.44. The Morgan fingerprint density at radius 3 is 1.93 bits per heavy atom. The van der Waals surface area contributed by atoms with Crippen LogP contribution < -0.4 is 19.1 Å². The Morgan fingerprint density at radius 2 is 1.37 bits per heavy atom. The van der Waals surface area contributed by atoms with E-state index < -0.39 is 28.5 Å². The summed E-state index contributed by atoms with van der Waals surface area (Å²) in [6.07, 6.45) is 0.241. The number of carbonyl (C=O) groups excluding carboxylic acids is 2. The molecule has 0 aliphatic heterocycles. The summed E-state index contributed by atoms with van der Waals surface area (Å²) in [5, 5.41) is 2.96. The molecule has 0 bridgehead atoms. The van der Waals surface area contributed by atoms with Gasteiger partial charge in [0.2, 0.25) is 11.8 Å². The summed E-state index contributed by atoms with van der Waals surface area (Å²) in [6, 6.07) is 28.9. The first-order chi connectivity index (χ1) is 22.0. The highest BCUT2D eigenvalue weighted by molar-refractivity contribution is 7.92. The van der Waals surface area contributed by atoms with Gasteiger partial charge in [0.05, 0.1) is 24.8 Å². The first-order valence-electron chi connectivity index (χ1n) is 15.0. The smallest absolute Gasteiger partial charge is 0.264 e. The molecule has 0 fully saturated rings. The molecule has 0 saturated heterocycles. The molecule has 4 rings (SSSR count). The van der Waals surface area contributed by atoms with Crippen molar-refractivity contribution in [1.82, 2.24) is 10.2 Å². The van der Waals surface area contributed by atoms with Gasteiger partial charge in [0.15, 0.2) is 11.5 Å². The molecular weight excluding hydrogens is 602 g/mol. The molecule has 0 unspecified atom stereocenters. The third-order valence-corrected chi connectivity index (χ3v) is 9.21. The van der Waals surface area contributed by atoms with E-state index in [2.05, 4.69) is 5.32 Å². The van der Waals surface area contributed by atoms with Gasteiger partial charge in [-0.2, -0.15) is 0 Å². The lowest BCUT2D eigenvalue weighted by Gasteiger charge is -2.34. The normalized spacial score (nSPS) is 11.9. The van der Waals surface area contributed by atoms with Gasteiger partial charge in [-0.05, 0) is 56.2 Å². The number of carbonyl (C=O) groups is 2. The molecule has 10 heteroatoms. The number of hydrogen-bond acceptors (Lipinski definition) is 6. The number of ether oxygens (including phenoxy) is 2. The van der Waals surface area contributed by atoms with Crippen LogP contribution in [0.3, 0.4) is 0 Å². The van der Waals surface area contributed by atoms with E-state index in [1.54, 1.807) is 24.3 Å². The minimum absolute atomic E-state index is 0.0773. The van der Waals surface area contributed by atoms with Crippen molar-refractivity contribution >= 4 is 27.5 Å². The number of methoxy groups -OCH3 is 2. The maximum atomic E-state index is 14.5. The maximum Gasteiger partial charge on any atom is 0.264 e. The first kappa shape index (κ1) is 34.1. The van der Waals surface area contributed by atoms with E-state index in [1.807, 2.05) is 81.4 Å². The summed E-state index contributed by atoms with van der Waals surface area (Å²) < 4.78 is 40.4. The second-order valence-corrected chi connectivity index (χ2v) is 13.1. The Labute approximate surface area is 271 Å². The fourth-order valence-electron chi connectivity index (χ4n) is 5.06. The standard InChI is InChI=1S/C36H41N3O6S/c1-26(2)37-36(41)32(22-28-12-8-6-9-13-28)38(24-29-14-10-7-11-15-29)35(40)25-39(30-18-16-27(3)17-19-30)46(42,43)31-20-21-33(44-4)34(23-31)45-5/h6-21,23,26,32H,22,24-25H2,1-5H3,(H,37,41)/t32-/m0/s1. The number of amides is 2. The van der Waals surface area contributed by atoms with Gasteiger partial charge in [-0.3, -0.25) is 13.9 Å². The Kier molecular flexibility index (Phi) is 11.4.